The number of rotatable bonds is 1. The van der Waals surface area contributed by atoms with E-state index in [4.69, 9.17) is 21.5 Å². The second kappa shape index (κ2) is 5.53. The van der Waals surface area contributed by atoms with E-state index in [1.165, 1.54) is 32.8 Å². The Kier molecular flexibility index (Phi) is 4.54. The molecule has 4 nitrogen and oxygen atoms in total. The third-order valence-electron chi connectivity index (χ3n) is 2.59. The molecule has 9 heteroatoms. The fraction of sp³-hybridized carbons (Fsp3) is 0.100. The van der Waals surface area contributed by atoms with Gasteiger partial charge < -0.3 is 4.74 Å². The van der Waals surface area contributed by atoms with Crippen LogP contribution in [0.4, 0.5) is 0 Å². The first-order valence-corrected chi connectivity index (χ1v) is 8.83. The van der Waals surface area contributed by atoms with Gasteiger partial charge in [0.25, 0.3) is 10.1 Å². The van der Waals surface area contributed by atoms with Crippen LogP contribution in [0, 0.1) is 3.82 Å². The third-order valence-corrected chi connectivity index (χ3v) is 6.61. The van der Waals surface area contributed by atoms with Crippen LogP contribution >= 0.6 is 32.9 Å². The summed E-state index contributed by atoms with van der Waals surface area (Å²) in [5.41, 5.74) is 1.59. The summed E-state index contributed by atoms with van der Waals surface area (Å²) in [4.78, 5) is 0.791. The summed E-state index contributed by atoms with van der Waals surface area (Å²) >= 11 is 5.19. The average Bonchev–Trinajstić information content (AvgIpc) is 2.70. The summed E-state index contributed by atoms with van der Waals surface area (Å²) in [6, 6.07) is 4.29. The van der Waals surface area contributed by atoms with Crippen molar-refractivity contribution in [3.8, 4) is 16.2 Å². The molecule has 1 N–H and O–H groups in total. The first-order valence-electron chi connectivity index (χ1n) is 4.83. The molecular formula is C10H6NaO4S4. The standard InChI is InChI=1S/C10H6O4S4.Na/c11-18(12,13)5-1-2-8-6(3-5)9-7(4-14-8)10(15)17-16-9;/h1-3H,4H2,(H,11,12,13);. The van der Waals surface area contributed by atoms with Gasteiger partial charge in [-0.2, -0.15) is 8.42 Å². The molecule has 0 atom stereocenters. The van der Waals surface area contributed by atoms with Crippen LogP contribution in [-0.4, -0.2) is 42.5 Å². The number of ether oxygens (including phenoxy) is 1. The van der Waals surface area contributed by atoms with Crippen LogP contribution in [0.1, 0.15) is 5.56 Å². The maximum atomic E-state index is 11.1. The van der Waals surface area contributed by atoms with E-state index in [0.717, 1.165) is 14.3 Å². The molecule has 0 spiro atoms. The van der Waals surface area contributed by atoms with Crippen molar-refractivity contribution in [3.63, 3.8) is 0 Å². The second-order valence-corrected chi connectivity index (χ2v) is 7.92. The SMILES string of the molecule is O=S(=O)(O)c1ccc2c(c1)-c1ssc(=S)c1CO2.[Na]. The van der Waals surface area contributed by atoms with Crippen LogP contribution in [0.5, 0.6) is 5.75 Å². The maximum Gasteiger partial charge on any atom is 0.294 e. The molecule has 1 radical (unpaired) electrons. The summed E-state index contributed by atoms with van der Waals surface area (Å²) in [5, 5.41) is 0. The summed E-state index contributed by atoms with van der Waals surface area (Å²) in [7, 11) is -1.25. The predicted molar refractivity (Wildman–Crippen MR) is 78.4 cm³/mol. The number of benzene rings is 1. The molecule has 95 valence electrons. The average molecular weight is 341 g/mol. The molecule has 1 aliphatic heterocycles. The van der Waals surface area contributed by atoms with E-state index < -0.39 is 10.1 Å². The summed E-state index contributed by atoms with van der Waals surface area (Å²) in [5.74, 6) is 0.610. The minimum absolute atomic E-state index is 0. The molecule has 2 heterocycles. The molecule has 0 unspecified atom stereocenters. The van der Waals surface area contributed by atoms with E-state index in [0.29, 0.717) is 17.9 Å². The Morgan fingerprint density at radius 1 is 1.32 bits per heavy atom. The normalized spacial score (nSPS) is 12.9. The monoisotopic (exact) mass is 341 g/mol. The summed E-state index contributed by atoms with van der Waals surface area (Å²) < 4.78 is 37.6. The molecule has 19 heavy (non-hydrogen) atoms. The topological polar surface area (TPSA) is 63.6 Å². The molecule has 1 aromatic carbocycles. The van der Waals surface area contributed by atoms with Gasteiger partial charge in [-0.15, -0.1) is 0 Å². The van der Waals surface area contributed by atoms with Gasteiger partial charge in [-0.05, 0) is 18.2 Å². The van der Waals surface area contributed by atoms with Crippen molar-refractivity contribution in [3.05, 3.63) is 27.6 Å². The Balaban J connectivity index is 0.00000133. The molecule has 3 rings (SSSR count). The molecular weight excluding hydrogens is 335 g/mol. The van der Waals surface area contributed by atoms with Gasteiger partial charge in [-0.3, -0.25) is 4.55 Å². The minimum atomic E-state index is -4.21. The van der Waals surface area contributed by atoms with Crippen molar-refractivity contribution in [2.24, 2.45) is 0 Å². The minimum Gasteiger partial charge on any atom is -0.488 e. The van der Waals surface area contributed by atoms with Crippen LogP contribution in [-0.2, 0) is 16.7 Å². The quantitative estimate of drug-likeness (QED) is 0.374. The van der Waals surface area contributed by atoms with Crippen molar-refractivity contribution in [2.45, 2.75) is 11.5 Å². The van der Waals surface area contributed by atoms with E-state index >= 15 is 0 Å². The number of hydrogen-bond donors (Lipinski definition) is 1. The zero-order chi connectivity index (χ0) is 12.9. The van der Waals surface area contributed by atoms with Gasteiger partial charge in [0.15, 0.2) is 0 Å². The number of hydrogen-bond acceptors (Lipinski definition) is 6. The van der Waals surface area contributed by atoms with Crippen molar-refractivity contribution >= 4 is 72.6 Å². The van der Waals surface area contributed by atoms with Gasteiger partial charge in [0.1, 0.15) is 16.2 Å². The maximum absolute atomic E-state index is 11.1. The molecule has 2 aromatic rings. The van der Waals surface area contributed by atoms with E-state index in [2.05, 4.69) is 0 Å². The van der Waals surface area contributed by atoms with Gasteiger partial charge in [0.2, 0.25) is 0 Å². The van der Waals surface area contributed by atoms with Crippen molar-refractivity contribution < 1.29 is 17.7 Å². The zero-order valence-electron chi connectivity index (χ0n) is 9.74. The van der Waals surface area contributed by atoms with Crippen molar-refractivity contribution in [1.29, 1.82) is 0 Å². The van der Waals surface area contributed by atoms with Gasteiger partial charge in [-0.25, -0.2) is 0 Å². The molecule has 0 fully saturated rings. The summed E-state index contributed by atoms with van der Waals surface area (Å²) in [6.07, 6.45) is 0. The Morgan fingerprint density at radius 2 is 2.05 bits per heavy atom. The first kappa shape index (κ1) is 15.6. The molecule has 1 aromatic heterocycles. The molecule has 0 bridgehead atoms. The van der Waals surface area contributed by atoms with Crippen molar-refractivity contribution in [2.75, 3.05) is 0 Å². The van der Waals surface area contributed by atoms with Crippen LogP contribution in [0.2, 0.25) is 0 Å². The zero-order valence-corrected chi connectivity index (χ0v) is 15.0. The number of fused-ring (bicyclic) bond motifs is 3. The van der Waals surface area contributed by atoms with Gasteiger partial charge in [0, 0.05) is 40.7 Å². The second-order valence-electron chi connectivity index (χ2n) is 3.68. The van der Waals surface area contributed by atoms with E-state index in [1.807, 2.05) is 0 Å². The van der Waals surface area contributed by atoms with E-state index in [9.17, 15) is 8.42 Å². The van der Waals surface area contributed by atoms with E-state index in [-0.39, 0.29) is 34.5 Å². The molecule has 1 aliphatic rings. The van der Waals surface area contributed by atoms with Crippen LogP contribution < -0.4 is 4.74 Å². The van der Waals surface area contributed by atoms with Crippen molar-refractivity contribution in [1.82, 2.24) is 0 Å². The smallest absolute Gasteiger partial charge is 0.294 e. The Morgan fingerprint density at radius 3 is 2.74 bits per heavy atom. The first-order chi connectivity index (χ1) is 8.47. The largest absolute Gasteiger partial charge is 0.488 e. The fourth-order valence-electron chi connectivity index (χ4n) is 1.73. The molecule has 0 amide bonds. The third kappa shape index (κ3) is 2.81. The van der Waals surface area contributed by atoms with Crippen LogP contribution in [0.15, 0.2) is 23.1 Å². The molecule has 0 saturated carbocycles. The summed E-state index contributed by atoms with van der Waals surface area (Å²) in [6.45, 7) is 0.409. The molecule has 0 aliphatic carbocycles. The van der Waals surface area contributed by atoms with Gasteiger partial charge >= 0.3 is 0 Å². The Labute approximate surface area is 144 Å². The molecule has 0 saturated heterocycles. The Bertz CT molecular complexity index is 790. The fourth-order valence-corrected chi connectivity index (χ4v) is 5.11. The van der Waals surface area contributed by atoms with Gasteiger partial charge in [0.05, 0.1) is 9.77 Å². The predicted octanol–water partition coefficient (Wildman–Crippen LogP) is 2.96. The Hall–Kier alpha value is 0.200. The van der Waals surface area contributed by atoms with Crippen LogP contribution in [0.3, 0.4) is 0 Å². The van der Waals surface area contributed by atoms with Crippen LogP contribution in [0.25, 0.3) is 10.4 Å². The van der Waals surface area contributed by atoms with E-state index in [1.54, 1.807) is 6.07 Å². The van der Waals surface area contributed by atoms with Gasteiger partial charge in [-0.1, -0.05) is 32.9 Å².